The van der Waals surface area contributed by atoms with Crippen LogP contribution in [0.25, 0.3) is 0 Å². The van der Waals surface area contributed by atoms with Gasteiger partial charge in [-0.15, -0.1) is 11.3 Å². The first kappa shape index (κ1) is 22.8. The van der Waals surface area contributed by atoms with Gasteiger partial charge in [-0.1, -0.05) is 49.7 Å². The molecule has 0 aliphatic carbocycles. The molecule has 1 heterocycles. The van der Waals surface area contributed by atoms with Crippen LogP contribution in [-0.4, -0.2) is 23.5 Å². The Morgan fingerprint density at radius 2 is 1.87 bits per heavy atom. The van der Waals surface area contributed by atoms with E-state index in [-0.39, 0.29) is 18.5 Å². The van der Waals surface area contributed by atoms with Crippen LogP contribution < -0.4 is 16.0 Å². The van der Waals surface area contributed by atoms with Crippen molar-refractivity contribution in [2.24, 2.45) is 0 Å². The number of carbonyl (C=O) groups excluding carboxylic acids is 2. The minimum absolute atomic E-state index is 0.237. The molecule has 6 nitrogen and oxygen atoms in total. The topological polar surface area (TPSA) is 83.1 Å². The van der Waals surface area contributed by atoms with E-state index in [0.29, 0.717) is 34.6 Å². The van der Waals surface area contributed by atoms with Crippen molar-refractivity contribution in [2.45, 2.75) is 32.7 Å². The lowest BCUT2D eigenvalue weighted by Gasteiger charge is -2.09. The van der Waals surface area contributed by atoms with E-state index in [9.17, 15) is 9.59 Å². The molecule has 3 aromatic rings. The van der Waals surface area contributed by atoms with Crippen LogP contribution in [-0.2, 0) is 13.0 Å². The van der Waals surface area contributed by atoms with Crippen molar-refractivity contribution in [1.82, 2.24) is 15.6 Å². The standard InChI is InChI=1S/C23H25ClN4O2S/c1-15(2)17-6-8-19(9-7-17)27-23(30)26-13-21-28-20(14-31-21)22(29)25-11-10-16-4-3-5-18(24)12-16/h3-9,12,14-15H,10-11,13H2,1-2H3,(H,25,29)(H2,26,27,30). The maximum Gasteiger partial charge on any atom is 0.319 e. The minimum Gasteiger partial charge on any atom is -0.350 e. The molecule has 0 atom stereocenters. The Labute approximate surface area is 191 Å². The fraction of sp³-hybridized carbons (Fsp3) is 0.261. The Hall–Kier alpha value is -2.90. The molecule has 0 fully saturated rings. The Bertz CT molecular complexity index is 1030. The molecule has 3 N–H and O–H groups in total. The predicted octanol–water partition coefficient (Wildman–Crippen LogP) is 5.21. The molecule has 0 spiro atoms. The van der Waals surface area contributed by atoms with Crippen LogP contribution in [0.4, 0.5) is 10.5 Å². The molecule has 0 saturated carbocycles. The Kier molecular flexibility index (Phi) is 8.03. The maximum atomic E-state index is 12.3. The van der Waals surface area contributed by atoms with Crippen molar-refractivity contribution in [2.75, 3.05) is 11.9 Å². The summed E-state index contributed by atoms with van der Waals surface area (Å²) in [5.41, 5.74) is 3.34. The number of anilines is 1. The van der Waals surface area contributed by atoms with Crippen molar-refractivity contribution in [3.05, 3.63) is 80.8 Å². The summed E-state index contributed by atoms with van der Waals surface area (Å²) in [7, 11) is 0. The van der Waals surface area contributed by atoms with Gasteiger partial charge in [-0.3, -0.25) is 4.79 Å². The Morgan fingerprint density at radius 1 is 1.10 bits per heavy atom. The van der Waals surface area contributed by atoms with E-state index in [1.807, 2.05) is 48.5 Å². The van der Waals surface area contributed by atoms with Gasteiger partial charge >= 0.3 is 6.03 Å². The fourth-order valence-electron chi connectivity index (χ4n) is 2.88. The third kappa shape index (κ3) is 7.08. The first-order valence-corrected chi connectivity index (χ1v) is 11.3. The molecule has 31 heavy (non-hydrogen) atoms. The summed E-state index contributed by atoms with van der Waals surface area (Å²) in [6, 6.07) is 15.0. The van der Waals surface area contributed by atoms with Gasteiger partial charge in [0.2, 0.25) is 0 Å². The number of hydrogen-bond donors (Lipinski definition) is 3. The second-order valence-electron chi connectivity index (χ2n) is 7.35. The quantitative estimate of drug-likeness (QED) is 0.434. The zero-order valence-electron chi connectivity index (χ0n) is 17.4. The van der Waals surface area contributed by atoms with Crippen molar-refractivity contribution in [3.8, 4) is 0 Å². The molecule has 0 radical (unpaired) electrons. The first-order chi connectivity index (χ1) is 14.9. The number of halogens is 1. The van der Waals surface area contributed by atoms with E-state index in [0.717, 1.165) is 11.3 Å². The summed E-state index contributed by atoms with van der Waals surface area (Å²) in [5, 5.41) is 11.4. The summed E-state index contributed by atoms with van der Waals surface area (Å²) in [6.07, 6.45) is 0.684. The molecule has 0 unspecified atom stereocenters. The van der Waals surface area contributed by atoms with Gasteiger partial charge in [-0.25, -0.2) is 9.78 Å². The summed E-state index contributed by atoms with van der Waals surface area (Å²) in [4.78, 5) is 28.7. The van der Waals surface area contributed by atoms with Gasteiger partial charge in [0.25, 0.3) is 5.91 Å². The van der Waals surface area contributed by atoms with Gasteiger partial charge in [0, 0.05) is 22.6 Å². The Morgan fingerprint density at radius 3 is 2.58 bits per heavy atom. The zero-order chi connectivity index (χ0) is 22.2. The number of hydrogen-bond acceptors (Lipinski definition) is 4. The number of carbonyl (C=O) groups is 2. The molecule has 3 rings (SSSR count). The molecule has 162 valence electrons. The van der Waals surface area contributed by atoms with Crippen LogP contribution in [0.1, 0.15) is 46.4 Å². The van der Waals surface area contributed by atoms with E-state index >= 15 is 0 Å². The maximum absolute atomic E-state index is 12.3. The largest absolute Gasteiger partial charge is 0.350 e. The van der Waals surface area contributed by atoms with Crippen LogP contribution >= 0.6 is 22.9 Å². The highest BCUT2D eigenvalue weighted by molar-refractivity contribution is 7.09. The summed E-state index contributed by atoms with van der Waals surface area (Å²) in [6.45, 7) is 4.98. The SMILES string of the molecule is CC(C)c1ccc(NC(=O)NCc2nc(C(=O)NCCc3cccc(Cl)c3)cs2)cc1. The third-order valence-electron chi connectivity index (χ3n) is 4.61. The Balaban J connectivity index is 1.42. The van der Waals surface area contributed by atoms with Crippen LogP contribution in [0.5, 0.6) is 0 Å². The lowest BCUT2D eigenvalue weighted by molar-refractivity contribution is 0.0949. The molecule has 3 amide bonds. The van der Waals surface area contributed by atoms with Crippen molar-refractivity contribution >= 4 is 40.6 Å². The van der Waals surface area contributed by atoms with E-state index in [2.05, 4.69) is 34.8 Å². The first-order valence-electron chi connectivity index (χ1n) is 10.0. The van der Waals surface area contributed by atoms with Gasteiger partial charge in [0.1, 0.15) is 10.7 Å². The second-order valence-corrected chi connectivity index (χ2v) is 8.73. The fourth-order valence-corrected chi connectivity index (χ4v) is 3.81. The van der Waals surface area contributed by atoms with Crippen LogP contribution in [0.15, 0.2) is 53.9 Å². The second kappa shape index (κ2) is 10.9. The van der Waals surface area contributed by atoms with Crippen molar-refractivity contribution < 1.29 is 9.59 Å². The van der Waals surface area contributed by atoms with Crippen molar-refractivity contribution in [1.29, 1.82) is 0 Å². The van der Waals surface area contributed by atoms with E-state index in [1.165, 1.54) is 16.9 Å². The highest BCUT2D eigenvalue weighted by atomic mass is 35.5. The number of amides is 3. The number of urea groups is 1. The minimum atomic E-state index is -0.319. The van der Waals surface area contributed by atoms with Gasteiger partial charge in [0.15, 0.2) is 0 Å². The molecular formula is C23H25ClN4O2S. The number of nitrogens with zero attached hydrogens (tertiary/aromatic N) is 1. The lowest BCUT2D eigenvalue weighted by atomic mass is 10.0. The average molecular weight is 457 g/mol. The number of rotatable bonds is 8. The average Bonchev–Trinajstić information content (AvgIpc) is 3.22. The molecule has 2 aromatic carbocycles. The molecule has 8 heteroatoms. The predicted molar refractivity (Wildman–Crippen MR) is 126 cm³/mol. The van der Waals surface area contributed by atoms with Crippen molar-refractivity contribution in [3.63, 3.8) is 0 Å². The normalized spacial score (nSPS) is 10.7. The van der Waals surface area contributed by atoms with E-state index in [1.54, 1.807) is 5.38 Å². The smallest absolute Gasteiger partial charge is 0.319 e. The molecule has 0 saturated heterocycles. The van der Waals surface area contributed by atoms with E-state index < -0.39 is 0 Å². The molecule has 1 aromatic heterocycles. The molecule has 0 aliphatic heterocycles. The van der Waals surface area contributed by atoms with Gasteiger partial charge in [-0.2, -0.15) is 0 Å². The van der Waals surface area contributed by atoms with Gasteiger partial charge in [-0.05, 0) is 47.7 Å². The summed E-state index contributed by atoms with van der Waals surface area (Å²) < 4.78 is 0. The molecule has 0 aliphatic rings. The lowest BCUT2D eigenvalue weighted by Crippen LogP contribution is -2.28. The van der Waals surface area contributed by atoms with Crippen LogP contribution in [0, 0.1) is 0 Å². The highest BCUT2D eigenvalue weighted by Crippen LogP contribution is 2.17. The summed E-state index contributed by atoms with van der Waals surface area (Å²) >= 11 is 7.30. The number of thiazole rings is 1. The third-order valence-corrected chi connectivity index (χ3v) is 5.69. The number of benzene rings is 2. The zero-order valence-corrected chi connectivity index (χ0v) is 19.0. The van der Waals surface area contributed by atoms with Crippen LogP contribution in [0.2, 0.25) is 5.02 Å². The number of nitrogens with one attached hydrogen (secondary N) is 3. The summed E-state index contributed by atoms with van der Waals surface area (Å²) in [5.74, 6) is 0.204. The monoisotopic (exact) mass is 456 g/mol. The van der Waals surface area contributed by atoms with Crippen LogP contribution in [0.3, 0.4) is 0 Å². The van der Waals surface area contributed by atoms with Gasteiger partial charge in [0.05, 0.1) is 6.54 Å². The molecular weight excluding hydrogens is 432 g/mol. The van der Waals surface area contributed by atoms with Gasteiger partial charge < -0.3 is 16.0 Å². The number of aromatic nitrogens is 1. The highest BCUT2D eigenvalue weighted by Gasteiger charge is 2.11. The van der Waals surface area contributed by atoms with E-state index in [4.69, 9.17) is 11.6 Å². The molecule has 0 bridgehead atoms.